The fraction of sp³-hybridized carbons (Fsp3) is 0.455. The number of nitrogens with zero attached hydrogens (tertiary/aromatic N) is 2. The third kappa shape index (κ3) is 7.90. The van der Waals surface area contributed by atoms with Crippen LogP contribution in [-0.4, -0.2) is 53.8 Å². The molecule has 29 heavy (non-hydrogen) atoms. The first-order chi connectivity index (χ1) is 14.0. The maximum Gasteiger partial charge on any atom is 0.451 e. The number of nitrogens with one attached hydrogen (secondary N) is 1. The highest BCUT2D eigenvalue weighted by Gasteiger charge is 2.25. The Bertz CT molecular complexity index is 732. The Hall–Kier alpha value is -1.73. The van der Waals surface area contributed by atoms with Crippen molar-refractivity contribution < 1.29 is 10.0 Å². The molecule has 0 saturated carbocycles. The number of halogens is 1. The molecule has 7 heteroatoms. The second kappa shape index (κ2) is 12.8. The van der Waals surface area contributed by atoms with Gasteiger partial charge in [-0.1, -0.05) is 55.3 Å². The molecule has 2 unspecified atom stereocenters. The minimum atomic E-state index is -1.26. The van der Waals surface area contributed by atoms with Crippen molar-refractivity contribution in [1.29, 1.82) is 0 Å². The molecule has 2 atom stereocenters. The van der Waals surface area contributed by atoms with Gasteiger partial charge < -0.3 is 15.4 Å². The van der Waals surface area contributed by atoms with Gasteiger partial charge in [0.05, 0.1) is 23.5 Å². The lowest BCUT2D eigenvalue weighted by Gasteiger charge is -2.25. The van der Waals surface area contributed by atoms with Crippen molar-refractivity contribution in [2.45, 2.75) is 51.0 Å². The van der Waals surface area contributed by atoms with E-state index < -0.39 is 7.12 Å². The summed E-state index contributed by atoms with van der Waals surface area (Å²) in [6.07, 6.45) is 9.77. The monoisotopic (exact) mass is 415 g/mol. The standard InChI is InChI=1S/C22H31BClN3O2/c1-3-15-25-16-7-9-20-19(4-2)27-22(17-10-12-18(24)13-11-17)21(26-20)8-5-6-14-23(28)29/h4,7,9-13,19-20,25,28-29H,2-3,5-6,8,14-16H2,1H3/b9-7+. The van der Waals surface area contributed by atoms with E-state index >= 15 is 0 Å². The van der Waals surface area contributed by atoms with E-state index in [1.165, 1.54) is 0 Å². The molecule has 0 aromatic heterocycles. The van der Waals surface area contributed by atoms with E-state index in [0.717, 1.165) is 55.8 Å². The van der Waals surface area contributed by atoms with Crippen LogP contribution >= 0.6 is 11.6 Å². The predicted octanol–water partition coefficient (Wildman–Crippen LogP) is 3.71. The van der Waals surface area contributed by atoms with E-state index in [0.29, 0.717) is 11.3 Å². The second-order valence-corrected chi connectivity index (χ2v) is 7.57. The molecule has 0 bridgehead atoms. The molecule has 156 valence electrons. The van der Waals surface area contributed by atoms with Crippen molar-refractivity contribution in [3.8, 4) is 0 Å². The number of rotatable bonds is 12. The van der Waals surface area contributed by atoms with Crippen LogP contribution in [0.15, 0.2) is 59.1 Å². The van der Waals surface area contributed by atoms with Crippen LogP contribution in [0.25, 0.3) is 0 Å². The predicted molar refractivity (Wildman–Crippen MR) is 124 cm³/mol. The lowest BCUT2D eigenvalue weighted by Crippen LogP contribution is -2.32. The van der Waals surface area contributed by atoms with Gasteiger partial charge in [0.25, 0.3) is 0 Å². The zero-order chi connectivity index (χ0) is 21.1. The highest BCUT2D eigenvalue weighted by Crippen LogP contribution is 2.21. The molecule has 3 N–H and O–H groups in total. The Morgan fingerprint density at radius 2 is 1.93 bits per heavy atom. The molecule has 0 spiro atoms. The summed E-state index contributed by atoms with van der Waals surface area (Å²) >= 11 is 6.04. The highest BCUT2D eigenvalue weighted by atomic mass is 35.5. The molecule has 1 aromatic rings. The quantitative estimate of drug-likeness (QED) is 0.277. The van der Waals surface area contributed by atoms with Crippen molar-refractivity contribution in [2.75, 3.05) is 13.1 Å². The molecule has 1 aliphatic rings. The zero-order valence-corrected chi connectivity index (χ0v) is 17.9. The SMILES string of the molecule is C=CC1N=C(c2ccc(Cl)cc2)C(CCCCB(O)O)=NC1/C=C/CNCCC. The summed E-state index contributed by atoms with van der Waals surface area (Å²) in [5, 5.41) is 22.2. The first-order valence-electron chi connectivity index (χ1n) is 10.3. The van der Waals surface area contributed by atoms with Crippen LogP contribution in [-0.2, 0) is 0 Å². The fourth-order valence-electron chi connectivity index (χ4n) is 3.19. The fourth-order valence-corrected chi connectivity index (χ4v) is 3.31. The Morgan fingerprint density at radius 1 is 1.17 bits per heavy atom. The molecule has 0 saturated heterocycles. The Balaban J connectivity index is 2.19. The summed E-state index contributed by atoms with van der Waals surface area (Å²) in [5.74, 6) is 0. The second-order valence-electron chi connectivity index (χ2n) is 7.14. The van der Waals surface area contributed by atoms with Crippen molar-refractivity contribution >= 4 is 30.1 Å². The largest absolute Gasteiger partial charge is 0.451 e. The summed E-state index contributed by atoms with van der Waals surface area (Å²) in [6.45, 7) is 7.89. The molecule has 1 aromatic carbocycles. The maximum atomic E-state index is 9.08. The van der Waals surface area contributed by atoms with Crippen molar-refractivity contribution in [1.82, 2.24) is 5.32 Å². The first-order valence-corrected chi connectivity index (χ1v) is 10.7. The van der Waals surface area contributed by atoms with Gasteiger partial charge in [-0.05, 0) is 44.3 Å². The van der Waals surface area contributed by atoms with Crippen LogP contribution in [0.2, 0.25) is 11.3 Å². The molecule has 1 heterocycles. The summed E-state index contributed by atoms with van der Waals surface area (Å²) in [4.78, 5) is 9.94. The molecule has 5 nitrogen and oxygen atoms in total. The number of aliphatic imine (C=N–C) groups is 2. The molecule has 2 rings (SSSR count). The summed E-state index contributed by atoms with van der Waals surface area (Å²) in [5.41, 5.74) is 2.79. The van der Waals surface area contributed by atoms with Gasteiger partial charge in [0, 0.05) is 17.1 Å². The van der Waals surface area contributed by atoms with E-state index in [1.807, 2.05) is 30.3 Å². The van der Waals surface area contributed by atoms with E-state index in [2.05, 4.69) is 31.0 Å². The van der Waals surface area contributed by atoms with Crippen LogP contribution in [0.5, 0.6) is 0 Å². The molecule has 0 radical (unpaired) electrons. The van der Waals surface area contributed by atoms with Gasteiger partial charge >= 0.3 is 7.12 Å². The average molecular weight is 416 g/mol. The molecular weight excluding hydrogens is 385 g/mol. The third-order valence-electron chi connectivity index (χ3n) is 4.71. The van der Waals surface area contributed by atoms with Crippen LogP contribution in [0.3, 0.4) is 0 Å². The van der Waals surface area contributed by atoms with Gasteiger partial charge in [-0.15, -0.1) is 6.58 Å². The van der Waals surface area contributed by atoms with Crippen LogP contribution in [0.4, 0.5) is 0 Å². The van der Waals surface area contributed by atoms with Gasteiger partial charge in [0.15, 0.2) is 0 Å². The summed E-state index contributed by atoms with van der Waals surface area (Å²) < 4.78 is 0. The minimum absolute atomic E-state index is 0.0783. The number of unbranched alkanes of at least 4 members (excludes halogenated alkanes) is 1. The molecule has 0 amide bonds. The Labute approximate surface area is 179 Å². The van der Waals surface area contributed by atoms with E-state index in [1.54, 1.807) is 0 Å². The zero-order valence-electron chi connectivity index (χ0n) is 17.1. The van der Waals surface area contributed by atoms with Gasteiger partial charge in [0.1, 0.15) is 0 Å². The van der Waals surface area contributed by atoms with Crippen molar-refractivity contribution in [2.24, 2.45) is 9.98 Å². The third-order valence-corrected chi connectivity index (χ3v) is 4.97. The van der Waals surface area contributed by atoms with E-state index in [4.69, 9.17) is 31.6 Å². The lowest BCUT2D eigenvalue weighted by molar-refractivity contribution is 0.402. The molecule has 0 fully saturated rings. The van der Waals surface area contributed by atoms with E-state index in [9.17, 15) is 0 Å². The van der Waals surface area contributed by atoms with Gasteiger partial charge in [-0.25, -0.2) is 0 Å². The first kappa shape index (κ1) is 23.6. The van der Waals surface area contributed by atoms with Crippen molar-refractivity contribution in [3.05, 3.63) is 59.7 Å². The Kier molecular flexibility index (Phi) is 10.4. The van der Waals surface area contributed by atoms with Gasteiger partial charge in [-0.2, -0.15) is 0 Å². The van der Waals surface area contributed by atoms with Crippen LogP contribution in [0.1, 0.15) is 38.2 Å². The van der Waals surface area contributed by atoms with Crippen molar-refractivity contribution in [3.63, 3.8) is 0 Å². The maximum absolute atomic E-state index is 9.08. The van der Waals surface area contributed by atoms with Crippen LogP contribution in [0, 0.1) is 0 Å². The lowest BCUT2D eigenvalue weighted by atomic mass is 9.83. The van der Waals surface area contributed by atoms with Crippen LogP contribution < -0.4 is 5.32 Å². The van der Waals surface area contributed by atoms with Gasteiger partial charge in [-0.3, -0.25) is 9.98 Å². The smallest absolute Gasteiger partial charge is 0.427 e. The summed E-state index contributed by atoms with van der Waals surface area (Å²) in [7, 11) is -1.26. The molecule has 1 aliphatic heterocycles. The van der Waals surface area contributed by atoms with E-state index in [-0.39, 0.29) is 12.1 Å². The molecule has 0 aliphatic carbocycles. The highest BCUT2D eigenvalue weighted by molar-refractivity contribution is 6.49. The number of benzene rings is 1. The number of hydrogen-bond donors (Lipinski definition) is 3. The molecular formula is C22H31BClN3O2. The number of hydrogen-bond acceptors (Lipinski definition) is 5. The topological polar surface area (TPSA) is 77.2 Å². The Morgan fingerprint density at radius 3 is 2.59 bits per heavy atom. The normalized spacial score (nSPS) is 19.2. The minimum Gasteiger partial charge on any atom is -0.427 e. The van der Waals surface area contributed by atoms with Gasteiger partial charge in [0.2, 0.25) is 0 Å². The average Bonchev–Trinajstić information content (AvgIpc) is 2.71. The summed E-state index contributed by atoms with van der Waals surface area (Å²) in [6, 6.07) is 7.43.